The topological polar surface area (TPSA) is 78.1 Å². The number of anilines is 1. The highest BCUT2D eigenvalue weighted by Gasteiger charge is 2.43. The first-order valence-electron chi connectivity index (χ1n) is 10.6. The number of nitrogens with one attached hydrogen (secondary N) is 2. The third-order valence-electron chi connectivity index (χ3n) is 5.83. The zero-order chi connectivity index (χ0) is 21.3. The van der Waals surface area contributed by atoms with Gasteiger partial charge in [-0.2, -0.15) is 0 Å². The van der Waals surface area contributed by atoms with Crippen LogP contribution in [-0.4, -0.2) is 28.3 Å². The maximum atomic E-state index is 13.0. The number of carbonyl (C=O) groups excluding carboxylic acids is 2. The summed E-state index contributed by atoms with van der Waals surface area (Å²) >= 11 is 0. The smallest absolute Gasteiger partial charge is 0.251 e. The second-order valence-corrected chi connectivity index (χ2v) is 8.41. The molecule has 0 bridgehead atoms. The lowest BCUT2D eigenvalue weighted by molar-refractivity contribution is -0.122. The van der Waals surface area contributed by atoms with Crippen LogP contribution in [-0.2, 0) is 16.8 Å². The van der Waals surface area contributed by atoms with Gasteiger partial charge in [-0.25, -0.2) is 4.98 Å². The number of unbranched alkanes of at least 4 members (excludes halogenated alkanes) is 2. The van der Waals surface area contributed by atoms with Crippen molar-refractivity contribution >= 4 is 28.5 Å². The van der Waals surface area contributed by atoms with Crippen molar-refractivity contribution in [2.75, 3.05) is 11.4 Å². The minimum absolute atomic E-state index is 0.132. The molecule has 2 N–H and O–H groups in total. The number of aromatic amines is 1. The Morgan fingerprint density at radius 2 is 1.93 bits per heavy atom. The Morgan fingerprint density at radius 1 is 1.17 bits per heavy atom. The zero-order valence-corrected chi connectivity index (χ0v) is 17.8. The van der Waals surface area contributed by atoms with E-state index in [0.29, 0.717) is 17.9 Å². The molecule has 0 radical (unpaired) electrons. The fourth-order valence-electron chi connectivity index (χ4n) is 4.07. The number of carbonyl (C=O) groups is 2. The summed E-state index contributed by atoms with van der Waals surface area (Å²) in [6, 6.07) is 13.2. The van der Waals surface area contributed by atoms with Gasteiger partial charge in [0.15, 0.2) is 0 Å². The van der Waals surface area contributed by atoms with Crippen molar-refractivity contribution in [3.8, 4) is 0 Å². The van der Waals surface area contributed by atoms with Crippen LogP contribution < -0.4 is 10.2 Å². The summed E-state index contributed by atoms with van der Waals surface area (Å²) in [4.78, 5) is 35.2. The fourth-order valence-corrected chi connectivity index (χ4v) is 4.07. The standard InChI is InChI=1S/C24H28N4O2/c1-4-5-9-12-28-20-14-19-18(13-17(20)24(2,3)23(28)30)26-21(27-19)15-25-22(29)16-10-7-6-8-11-16/h6-8,10-11,13-14H,4-5,9,12,15H2,1-3H3,(H,25,29)(H,26,27). The van der Waals surface area contributed by atoms with Gasteiger partial charge in [-0.3, -0.25) is 9.59 Å². The number of nitrogens with zero attached hydrogens (tertiary/aromatic N) is 2. The molecule has 1 aromatic heterocycles. The van der Waals surface area contributed by atoms with E-state index in [2.05, 4.69) is 22.2 Å². The largest absolute Gasteiger partial charge is 0.345 e. The third kappa shape index (κ3) is 3.58. The van der Waals surface area contributed by atoms with E-state index in [0.717, 1.165) is 48.1 Å². The number of imidazole rings is 1. The SMILES string of the molecule is CCCCCN1C(=O)C(C)(C)c2cc3[nH]c(CNC(=O)c4ccccc4)nc3cc21. The van der Waals surface area contributed by atoms with Crippen LogP contribution in [0.4, 0.5) is 5.69 Å². The van der Waals surface area contributed by atoms with Crippen LogP contribution >= 0.6 is 0 Å². The van der Waals surface area contributed by atoms with Crippen molar-refractivity contribution in [2.45, 2.75) is 52.0 Å². The Labute approximate surface area is 176 Å². The number of H-pyrrole nitrogens is 1. The molecule has 30 heavy (non-hydrogen) atoms. The lowest BCUT2D eigenvalue weighted by Crippen LogP contribution is -2.36. The molecule has 1 aliphatic heterocycles. The third-order valence-corrected chi connectivity index (χ3v) is 5.83. The predicted molar refractivity (Wildman–Crippen MR) is 119 cm³/mol. The lowest BCUT2D eigenvalue weighted by Gasteiger charge is -2.20. The van der Waals surface area contributed by atoms with Crippen molar-refractivity contribution in [1.29, 1.82) is 0 Å². The van der Waals surface area contributed by atoms with E-state index in [-0.39, 0.29) is 11.8 Å². The minimum Gasteiger partial charge on any atom is -0.345 e. The molecule has 2 heterocycles. The molecule has 0 saturated carbocycles. The summed E-state index contributed by atoms with van der Waals surface area (Å²) in [5.74, 6) is 0.712. The quantitative estimate of drug-likeness (QED) is 0.576. The first-order chi connectivity index (χ1) is 14.4. The van der Waals surface area contributed by atoms with Crippen LogP contribution in [0.5, 0.6) is 0 Å². The maximum absolute atomic E-state index is 13.0. The van der Waals surface area contributed by atoms with E-state index >= 15 is 0 Å². The maximum Gasteiger partial charge on any atom is 0.251 e. The highest BCUT2D eigenvalue weighted by atomic mass is 16.2. The molecule has 0 unspecified atom stereocenters. The average Bonchev–Trinajstić information content (AvgIpc) is 3.23. The number of fused-ring (bicyclic) bond motifs is 2. The van der Waals surface area contributed by atoms with Crippen molar-refractivity contribution in [3.63, 3.8) is 0 Å². The highest BCUT2D eigenvalue weighted by Crippen LogP contribution is 2.43. The van der Waals surface area contributed by atoms with E-state index < -0.39 is 5.41 Å². The summed E-state index contributed by atoms with van der Waals surface area (Å²) in [5.41, 5.74) is 3.75. The Morgan fingerprint density at radius 3 is 2.67 bits per heavy atom. The Hall–Kier alpha value is -3.15. The summed E-state index contributed by atoms with van der Waals surface area (Å²) in [6.07, 6.45) is 3.22. The van der Waals surface area contributed by atoms with Gasteiger partial charge in [0.1, 0.15) is 5.82 Å². The average molecular weight is 405 g/mol. The molecule has 1 aliphatic rings. The molecule has 156 valence electrons. The molecule has 6 heteroatoms. The fraction of sp³-hybridized carbons (Fsp3) is 0.375. The van der Waals surface area contributed by atoms with Crippen LogP contribution in [0.1, 0.15) is 61.8 Å². The van der Waals surface area contributed by atoms with Gasteiger partial charge >= 0.3 is 0 Å². The zero-order valence-electron chi connectivity index (χ0n) is 17.8. The molecule has 2 aromatic carbocycles. The monoisotopic (exact) mass is 404 g/mol. The van der Waals surface area contributed by atoms with E-state index in [1.54, 1.807) is 12.1 Å². The van der Waals surface area contributed by atoms with Crippen LogP contribution in [0.3, 0.4) is 0 Å². The Kier molecular flexibility index (Phi) is 5.33. The van der Waals surface area contributed by atoms with Gasteiger partial charge in [0.2, 0.25) is 5.91 Å². The van der Waals surface area contributed by atoms with E-state index in [9.17, 15) is 9.59 Å². The van der Waals surface area contributed by atoms with Crippen molar-refractivity contribution in [2.24, 2.45) is 0 Å². The van der Waals surface area contributed by atoms with Gasteiger partial charge in [0, 0.05) is 12.1 Å². The Balaban J connectivity index is 1.57. The van der Waals surface area contributed by atoms with Crippen LogP contribution in [0.2, 0.25) is 0 Å². The second kappa shape index (κ2) is 7.94. The number of rotatable bonds is 7. The first-order valence-corrected chi connectivity index (χ1v) is 10.6. The molecule has 6 nitrogen and oxygen atoms in total. The molecule has 0 atom stereocenters. The van der Waals surface area contributed by atoms with E-state index in [4.69, 9.17) is 0 Å². The molecular formula is C24H28N4O2. The molecular weight excluding hydrogens is 376 g/mol. The number of hydrogen-bond acceptors (Lipinski definition) is 3. The van der Waals surface area contributed by atoms with E-state index in [1.165, 1.54) is 0 Å². The second-order valence-electron chi connectivity index (χ2n) is 8.41. The molecule has 2 amide bonds. The molecule has 0 spiro atoms. The van der Waals surface area contributed by atoms with Crippen LogP contribution in [0, 0.1) is 0 Å². The van der Waals surface area contributed by atoms with Crippen LogP contribution in [0.15, 0.2) is 42.5 Å². The van der Waals surface area contributed by atoms with Gasteiger partial charge < -0.3 is 15.2 Å². The van der Waals surface area contributed by atoms with E-state index in [1.807, 2.05) is 49.1 Å². The van der Waals surface area contributed by atoms with Gasteiger partial charge in [-0.1, -0.05) is 38.0 Å². The molecule has 0 aliphatic carbocycles. The number of hydrogen-bond donors (Lipinski definition) is 2. The van der Waals surface area contributed by atoms with Crippen molar-refractivity contribution < 1.29 is 9.59 Å². The van der Waals surface area contributed by atoms with Crippen LogP contribution in [0.25, 0.3) is 11.0 Å². The van der Waals surface area contributed by atoms with Gasteiger partial charge in [0.05, 0.1) is 28.7 Å². The minimum atomic E-state index is -0.553. The summed E-state index contributed by atoms with van der Waals surface area (Å²) in [7, 11) is 0. The molecule has 0 fully saturated rings. The number of aromatic nitrogens is 2. The molecule has 3 aromatic rings. The number of benzene rings is 2. The summed E-state index contributed by atoms with van der Waals surface area (Å²) in [6.45, 7) is 7.18. The normalized spacial score (nSPS) is 14.9. The van der Waals surface area contributed by atoms with Gasteiger partial charge in [-0.05, 0) is 50.1 Å². The number of amides is 2. The van der Waals surface area contributed by atoms with Crippen molar-refractivity contribution in [1.82, 2.24) is 15.3 Å². The predicted octanol–water partition coefficient (Wildman–Crippen LogP) is 4.31. The van der Waals surface area contributed by atoms with Crippen molar-refractivity contribution in [3.05, 3.63) is 59.4 Å². The Bertz CT molecular complexity index is 1090. The summed E-state index contributed by atoms with van der Waals surface area (Å²) in [5, 5.41) is 2.90. The van der Waals surface area contributed by atoms with Gasteiger partial charge in [-0.15, -0.1) is 0 Å². The lowest BCUT2D eigenvalue weighted by atomic mass is 9.86. The highest BCUT2D eigenvalue weighted by molar-refractivity contribution is 6.09. The first kappa shape index (κ1) is 20.1. The molecule has 0 saturated heterocycles. The van der Waals surface area contributed by atoms with Gasteiger partial charge in [0.25, 0.3) is 5.91 Å². The summed E-state index contributed by atoms with van der Waals surface area (Å²) < 4.78 is 0. The molecule has 4 rings (SSSR count).